The molecule has 0 spiro atoms. The van der Waals surface area contributed by atoms with Crippen molar-refractivity contribution in [1.29, 1.82) is 10.5 Å². The van der Waals surface area contributed by atoms with E-state index in [1.807, 2.05) is 12.1 Å². The highest BCUT2D eigenvalue weighted by molar-refractivity contribution is 6.30. The third kappa shape index (κ3) is 4.15. The van der Waals surface area contributed by atoms with Gasteiger partial charge in [-0.2, -0.15) is 10.5 Å². The fourth-order valence-corrected chi connectivity index (χ4v) is 1.72. The number of carbonyl (C=O) groups is 1. The second-order valence-corrected chi connectivity index (χ2v) is 4.98. The van der Waals surface area contributed by atoms with E-state index >= 15 is 0 Å². The van der Waals surface area contributed by atoms with Gasteiger partial charge < -0.3 is 9.64 Å². The van der Waals surface area contributed by atoms with Gasteiger partial charge in [-0.3, -0.25) is 4.79 Å². The van der Waals surface area contributed by atoms with Crippen LogP contribution in [0.3, 0.4) is 0 Å². The summed E-state index contributed by atoms with van der Waals surface area (Å²) in [6.45, 7) is 2.87. The molecule has 104 valence electrons. The summed E-state index contributed by atoms with van der Waals surface area (Å²) in [4.78, 5) is 13.4. The van der Waals surface area contributed by atoms with Gasteiger partial charge in [-0.15, -0.1) is 0 Å². The Kier molecular flexibility index (Phi) is 5.37. The van der Waals surface area contributed by atoms with Gasteiger partial charge in [-0.05, 0) is 38.1 Å². The number of benzene rings is 1. The Morgan fingerprint density at radius 2 is 1.75 bits per heavy atom. The minimum Gasteiger partial charge on any atom is -0.478 e. The van der Waals surface area contributed by atoms with E-state index in [-0.39, 0.29) is 13.1 Å². The van der Waals surface area contributed by atoms with Crippen LogP contribution in [0.2, 0.25) is 5.02 Å². The summed E-state index contributed by atoms with van der Waals surface area (Å²) in [5.41, 5.74) is -1.18. The van der Waals surface area contributed by atoms with Crippen molar-refractivity contribution in [2.45, 2.75) is 19.4 Å². The largest absolute Gasteiger partial charge is 0.478 e. The molecule has 0 aliphatic heterocycles. The first-order valence-corrected chi connectivity index (χ1v) is 6.26. The van der Waals surface area contributed by atoms with Crippen molar-refractivity contribution >= 4 is 17.5 Å². The first kappa shape index (κ1) is 15.8. The van der Waals surface area contributed by atoms with Crippen LogP contribution < -0.4 is 4.74 Å². The number of nitriles is 2. The molecular formula is C14H14ClN3O2. The van der Waals surface area contributed by atoms with Crippen molar-refractivity contribution in [2.75, 3.05) is 13.1 Å². The molecule has 1 aromatic rings. The van der Waals surface area contributed by atoms with Gasteiger partial charge in [-0.25, -0.2) is 0 Å². The molecule has 1 aromatic carbocycles. The molecule has 20 heavy (non-hydrogen) atoms. The summed E-state index contributed by atoms with van der Waals surface area (Å²) in [5.74, 6) is 0.0668. The second kappa shape index (κ2) is 6.79. The highest BCUT2D eigenvalue weighted by Gasteiger charge is 2.34. The quantitative estimate of drug-likeness (QED) is 0.780. The molecule has 0 fully saturated rings. The maximum Gasteiger partial charge on any atom is 0.267 e. The van der Waals surface area contributed by atoms with Gasteiger partial charge in [0.1, 0.15) is 18.8 Å². The van der Waals surface area contributed by atoms with E-state index in [9.17, 15) is 4.79 Å². The minimum atomic E-state index is -1.18. The van der Waals surface area contributed by atoms with Gasteiger partial charge in [0.05, 0.1) is 12.1 Å². The summed E-state index contributed by atoms with van der Waals surface area (Å²) in [5, 5.41) is 17.9. The minimum absolute atomic E-state index is 0.153. The van der Waals surface area contributed by atoms with Gasteiger partial charge >= 0.3 is 0 Å². The molecule has 1 rings (SSSR count). The van der Waals surface area contributed by atoms with Gasteiger partial charge in [0, 0.05) is 5.02 Å². The smallest absolute Gasteiger partial charge is 0.267 e. The molecule has 0 saturated heterocycles. The molecule has 0 N–H and O–H groups in total. The maximum atomic E-state index is 12.3. The zero-order valence-electron chi connectivity index (χ0n) is 11.3. The van der Waals surface area contributed by atoms with Crippen LogP contribution in [0.1, 0.15) is 13.8 Å². The third-order valence-electron chi connectivity index (χ3n) is 2.51. The van der Waals surface area contributed by atoms with E-state index in [1.165, 1.54) is 0 Å². The molecule has 0 heterocycles. The lowest BCUT2D eigenvalue weighted by molar-refractivity contribution is -0.144. The van der Waals surface area contributed by atoms with Gasteiger partial charge in [-0.1, -0.05) is 11.6 Å². The van der Waals surface area contributed by atoms with E-state index in [2.05, 4.69) is 0 Å². The molecule has 1 amide bonds. The fourth-order valence-electron chi connectivity index (χ4n) is 1.59. The van der Waals surface area contributed by atoms with Crippen molar-refractivity contribution < 1.29 is 9.53 Å². The van der Waals surface area contributed by atoms with Crippen LogP contribution in [0.25, 0.3) is 0 Å². The molecule has 0 bridgehead atoms. The predicted octanol–water partition coefficient (Wildman–Crippen LogP) is 2.37. The molecule has 5 nitrogen and oxygen atoms in total. The monoisotopic (exact) mass is 291 g/mol. The molecular weight excluding hydrogens is 278 g/mol. The Hall–Kier alpha value is -2.24. The lowest BCUT2D eigenvalue weighted by Crippen LogP contribution is -2.49. The number of halogens is 1. The third-order valence-corrected chi connectivity index (χ3v) is 2.76. The topological polar surface area (TPSA) is 77.1 Å². The number of amides is 1. The predicted molar refractivity (Wildman–Crippen MR) is 74.0 cm³/mol. The van der Waals surface area contributed by atoms with Crippen molar-refractivity contribution in [3.8, 4) is 17.9 Å². The van der Waals surface area contributed by atoms with E-state index < -0.39 is 11.5 Å². The SMILES string of the molecule is CC(C)(Oc1ccc(Cl)cc1)C(=O)N(CC#N)CC#N. The fraction of sp³-hybridized carbons (Fsp3) is 0.357. The molecule has 6 heteroatoms. The number of rotatable bonds is 5. The zero-order valence-corrected chi connectivity index (χ0v) is 12.0. The highest BCUT2D eigenvalue weighted by atomic mass is 35.5. The Labute approximate surface area is 122 Å². The number of hydrogen-bond acceptors (Lipinski definition) is 4. The van der Waals surface area contributed by atoms with E-state index in [4.69, 9.17) is 26.9 Å². The van der Waals surface area contributed by atoms with Gasteiger partial charge in [0.15, 0.2) is 5.60 Å². The van der Waals surface area contributed by atoms with Crippen molar-refractivity contribution in [3.05, 3.63) is 29.3 Å². The Morgan fingerprint density at radius 3 is 2.20 bits per heavy atom. The standard InChI is InChI=1S/C14H14ClN3O2/c1-14(2,13(19)18(9-7-16)10-8-17)20-12-5-3-11(15)4-6-12/h3-6H,9-10H2,1-2H3. The summed E-state index contributed by atoms with van der Waals surface area (Å²) in [6, 6.07) is 10.3. The van der Waals surface area contributed by atoms with Crippen LogP contribution in [-0.2, 0) is 4.79 Å². The van der Waals surface area contributed by atoms with Crippen LogP contribution in [-0.4, -0.2) is 29.5 Å². The lowest BCUT2D eigenvalue weighted by atomic mass is 10.1. The molecule has 0 unspecified atom stereocenters. The van der Waals surface area contributed by atoms with E-state index in [1.54, 1.807) is 38.1 Å². The van der Waals surface area contributed by atoms with Crippen LogP contribution >= 0.6 is 11.6 Å². The van der Waals surface area contributed by atoms with E-state index in [0.717, 1.165) is 4.90 Å². The van der Waals surface area contributed by atoms with Crippen molar-refractivity contribution in [2.24, 2.45) is 0 Å². The Morgan fingerprint density at radius 1 is 1.25 bits per heavy atom. The second-order valence-electron chi connectivity index (χ2n) is 4.54. The first-order chi connectivity index (χ1) is 9.40. The van der Waals surface area contributed by atoms with Crippen LogP contribution in [0.4, 0.5) is 0 Å². The number of ether oxygens (including phenoxy) is 1. The normalized spacial score (nSPS) is 10.2. The average molecular weight is 292 g/mol. The number of nitrogens with zero attached hydrogens (tertiary/aromatic N) is 3. The maximum absolute atomic E-state index is 12.3. The summed E-state index contributed by atoms with van der Waals surface area (Å²) in [6.07, 6.45) is 0. The first-order valence-electron chi connectivity index (χ1n) is 5.88. The summed E-state index contributed by atoms with van der Waals surface area (Å²) in [7, 11) is 0. The Balaban J connectivity index is 2.86. The van der Waals surface area contributed by atoms with Crippen molar-refractivity contribution in [1.82, 2.24) is 4.90 Å². The molecule has 0 aliphatic rings. The Bertz CT molecular complexity index is 539. The van der Waals surface area contributed by atoms with Gasteiger partial charge in [0.25, 0.3) is 5.91 Å². The highest BCUT2D eigenvalue weighted by Crippen LogP contribution is 2.22. The molecule has 0 saturated carbocycles. The summed E-state index contributed by atoms with van der Waals surface area (Å²) < 4.78 is 5.62. The van der Waals surface area contributed by atoms with Crippen LogP contribution in [0.15, 0.2) is 24.3 Å². The molecule has 0 atom stereocenters. The number of carbonyl (C=O) groups excluding carboxylic acids is 1. The van der Waals surface area contributed by atoms with E-state index in [0.29, 0.717) is 10.8 Å². The summed E-state index contributed by atoms with van der Waals surface area (Å²) >= 11 is 5.78. The molecule has 0 radical (unpaired) electrons. The van der Waals surface area contributed by atoms with Crippen LogP contribution in [0, 0.1) is 22.7 Å². The van der Waals surface area contributed by atoms with Gasteiger partial charge in [0.2, 0.25) is 0 Å². The lowest BCUT2D eigenvalue weighted by Gasteiger charge is -2.29. The average Bonchev–Trinajstić information content (AvgIpc) is 2.40. The zero-order chi connectivity index (χ0) is 15.2. The molecule has 0 aliphatic carbocycles. The number of hydrogen-bond donors (Lipinski definition) is 0. The van der Waals surface area contributed by atoms with Crippen LogP contribution in [0.5, 0.6) is 5.75 Å². The molecule has 0 aromatic heterocycles. The van der Waals surface area contributed by atoms with Crippen molar-refractivity contribution in [3.63, 3.8) is 0 Å².